The standard InChI is InChI=1S/C24H24N2O5/c1-17-7-9-18(10-8-17)11-12-22(27)25-13-15-31-24(29)19-4-2-5-20(16-19)26-23(28)21-6-3-14-30-21/h2-10,14,16H,11-13,15H2,1H3,(H,25,27)(H,26,28). The zero-order chi connectivity index (χ0) is 22.1. The van der Waals surface area contributed by atoms with Gasteiger partial charge in [0, 0.05) is 12.1 Å². The molecule has 1 aromatic heterocycles. The summed E-state index contributed by atoms with van der Waals surface area (Å²) < 4.78 is 10.2. The van der Waals surface area contributed by atoms with Crippen molar-refractivity contribution in [3.05, 3.63) is 89.4 Å². The number of hydrogen-bond donors (Lipinski definition) is 2. The first kappa shape index (κ1) is 21.8. The second-order valence-electron chi connectivity index (χ2n) is 6.98. The van der Waals surface area contributed by atoms with Crippen LogP contribution < -0.4 is 10.6 Å². The molecule has 2 amide bonds. The van der Waals surface area contributed by atoms with Crippen molar-refractivity contribution < 1.29 is 23.5 Å². The molecular weight excluding hydrogens is 396 g/mol. The first-order valence-electron chi connectivity index (χ1n) is 9.95. The van der Waals surface area contributed by atoms with E-state index < -0.39 is 11.9 Å². The largest absolute Gasteiger partial charge is 0.460 e. The van der Waals surface area contributed by atoms with E-state index in [1.807, 2.05) is 31.2 Å². The van der Waals surface area contributed by atoms with Crippen LogP contribution in [0.5, 0.6) is 0 Å². The molecule has 0 radical (unpaired) electrons. The lowest BCUT2D eigenvalue weighted by Gasteiger charge is -2.08. The molecule has 7 heteroatoms. The number of amides is 2. The minimum atomic E-state index is -0.539. The maximum absolute atomic E-state index is 12.2. The summed E-state index contributed by atoms with van der Waals surface area (Å²) in [6.07, 6.45) is 2.43. The van der Waals surface area contributed by atoms with Crippen LogP contribution in [0.25, 0.3) is 0 Å². The zero-order valence-electron chi connectivity index (χ0n) is 17.2. The highest BCUT2D eigenvalue weighted by Crippen LogP contribution is 2.13. The summed E-state index contributed by atoms with van der Waals surface area (Å²) in [6.45, 7) is 2.30. The van der Waals surface area contributed by atoms with Gasteiger partial charge in [-0.2, -0.15) is 0 Å². The third-order valence-electron chi connectivity index (χ3n) is 4.52. The van der Waals surface area contributed by atoms with E-state index >= 15 is 0 Å². The van der Waals surface area contributed by atoms with Gasteiger partial charge in [-0.05, 0) is 49.2 Å². The number of rotatable bonds is 9. The molecule has 2 aromatic carbocycles. The fraction of sp³-hybridized carbons (Fsp3) is 0.208. The third-order valence-corrected chi connectivity index (χ3v) is 4.52. The van der Waals surface area contributed by atoms with Gasteiger partial charge in [0.2, 0.25) is 5.91 Å². The first-order chi connectivity index (χ1) is 15.0. The van der Waals surface area contributed by atoms with Crippen molar-refractivity contribution in [2.45, 2.75) is 19.8 Å². The van der Waals surface area contributed by atoms with Gasteiger partial charge in [-0.15, -0.1) is 0 Å². The molecule has 160 valence electrons. The van der Waals surface area contributed by atoms with Crippen LogP contribution in [0.3, 0.4) is 0 Å². The molecule has 0 atom stereocenters. The van der Waals surface area contributed by atoms with Crippen LogP contribution in [0.4, 0.5) is 5.69 Å². The van der Waals surface area contributed by atoms with Crippen molar-refractivity contribution >= 4 is 23.5 Å². The Hall–Kier alpha value is -3.87. The van der Waals surface area contributed by atoms with Crippen LogP contribution in [0, 0.1) is 6.92 Å². The molecule has 0 aliphatic carbocycles. The van der Waals surface area contributed by atoms with E-state index in [-0.39, 0.29) is 24.8 Å². The normalized spacial score (nSPS) is 10.4. The molecule has 0 saturated carbocycles. The summed E-state index contributed by atoms with van der Waals surface area (Å²) in [5, 5.41) is 5.40. The van der Waals surface area contributed by atoms with Gasteiger partial charge in [-0.3, -0.25) is 9.59 Å². The number of hydrogen-bond acceptors (Lipinski definition) is 5. The molecule has 3 rings (SSSR count). The molecule has 0 unspecified atom stereocenters. The van der Waals surface area contributed by atoms with Crippen molar-refractivity contribution in [1.82, 2.24) is 5.32 Å². The Balaban J connectivity index is 1.38. The molecule has 0 saturated heterocycles. The molecule has 0 aliphatic rings. The number of esters is 1. The number of furan rings is 1. The third kappa shape index (κ3) is 6.85. The SMILES string of the molecule is Cc1ccc(CCC(=O)NCCOC(=O)c2cccc(NC(=O)c3ccco3)c2)cc1. The summed E-state index contributed by atoms with van der Waals surface area (Å²) in [7, 11) is 0. The molecule has 31 heavy (non-hydrogen) atoms. The molecule has 0 aliphatic heterocycles. The Labute approximate surface area is 180 Å². The number of aryl methyl sites for hydroxylation is 2. The Morgan fingerprint density at radius 1 is 1.00 bits per heavy atom. The van der Waals surface area contributed by atoms with Crippen molar-refractivity contribution in [2.24, 2.45) is 0 Å². The monoisotopic (exact) mass is 420 g/mol. The summed E-state index contributed by atoms with van der Waals surface area (Å²) in [6, 6.07) is 17.6. The van der Waals surface area contributed by atoms with Gasteiger partial charge in [0.25, 0.3) is 5.91 Å². The molecule has 1 heterocycles. The number of nitrogens with one attached hydrogen (secondary N) is 2. The number of benzene rings is 2. The lowest BCUT2D eigenvalue weighted by atomic mass is 10.1. The lowest BCUT2D eigenvalue weighted by molar-refractivity contribution is -0.121. The summed E-state index contributed by atoms with van der Waals surface area (Å²) >= 11 is 0. The van der Waals surface area contributed by atoms with Crippen LogP contribution in [0.1, 0.15) is 38.5 Å². The van der Waals surface area contributed by atoms with Crippen LogP contribution >= 0.6 is 0 Å². The minimum Gasteiger partial charge on any atom is -0.460 e. The number of carbonyl (C=O) groups is 3. The van der Waals surface area contributed by atoms with Gasteiger partial charge in [0.1, 0.15) is 6.61 Å². The van der Waals surface area contributed by atoms with Crippen LogP contribution in [-0.2, 0) is 16.0 Å². The van der Waals surface area contributed by atoms with Crippen LogP contribution in [-0.4, -0.2) is 30.9 Å². The van der Waals surface area contributed by atoms with E-state index in [2.05, 4.69) is 10.6 Å². The number of carbonyl (C=O) groups excluding carboxylic acids is 3. The van der Waals surface area contributed by atoms with E-state index in [1.165, 1.54) is 17.9 Å². The average Bonchev–Trinajstić information content (AvgIpc) is 3.31. The minimum absolute atomic E-state index is 0.0537. The van der Waals surface area contributed by atoms with Crippen molar-refractivity contribution in [3.63, 3.8) is 0 Å². The molecule has 0 spiro atoms. The average molecular weight is 420 g/mol. The van der Waals surface area contributed by atoms with E-state index in [4.69, 9.17) is 9.15 Å². The highest BCUT2D eigenvalue weighted by molar-refractivity contribution is 6.03. The van der Waals surface area contributed by atoms with Gasteiger partial charge in [-0.25, -0.2) is 4.79 Å². The summed E-state index contributed by atoms with van der Waals surface area (Å²) in [5.41, 5.74) is 3.02. The summed E-state index contributed by atoms with van der Waals surface area (Å²) in [4.78, 5) is 36.2. The Bertz CT molecular complexity index is 1030. The van der Waals surface area contributed by atoms with Gasteiger partial charge < -0.3 is 19.8 Å². The number of ether oxygens (including phenoxy) is 1. The predicted molar refractivity (Wildman–Crippen MR) is 116 cm³/mol. The molecule has 7 nitrogen and oxygen atoms in total. The smallest absolute Gasteiger partial charge is 0.338 e. The fourth-order valence-electron chi connectivity index (χ4n) is 2.84. The van der Waals surface area contributed by atoms with Crippen molar-refractivity contribution in [1.29, 1.82) is 0 Å². The van der Waals surface area contributed by atoms with Gasteiger partial charge in [-0.1, -0.05) is 35.9 Å². The topological polar surface area (TPSA) is 97.6 Å². The molecular formula is C24H24N2O5. The number of anilines is 1. The van der Waals surface area contributed by atoms with Gasteiger partial charge in [0.15, 0.2) is 5.76 Å². The van der Waals surface area contributed by atoms with E-state index in [9.17, 15) is 14.4 Å². The predicted octanol–water partition coefficient (Wildman–Crippen LogP) is 3.75. The highest BCUT2D eigenvalue weighted by atomic mass is 16.5. The Morgan fingerprint density at radius 2 is 1.81 bits per heavy atom. The van der Waals surface area contributed by atoms with E-state index in [1.54, 1.807) is 30.3 Å². The van der Waals surface area contributed by atoms with Crippen LogP contribution in [0.2, 0.25) is 0 Å². The molecule has 2 N–H and O–H groups in total. The summed E-state index contributed by atoms with van der Waals surface area (Å²) in [5.74, 6) is -0.878. The molecule has 0 bridgehead atoms. The van der Waals surface area contributed by atoms with Crippen molar-refractivity contribution in [2.75, 3.05) is 18.5 Å². The molecule has 0 fully saturated rings. The van der Waals surface area contributed by atoms with Crippen LogP contribution in [0.15, 0.2) is 71.3 Å². The molecule has 3 aromatic rings. The second kappa shape index (κ2) is 10.8. The highest BCUT2D eigenvalue weighted by Gasteiger charge is 2.12. The lowest BCUT2D eigenvalue weighted by Crippen LogP contribution is -2.28. The Morgan fingerprint density at radius 3 is 2.55 bits per heavy atom. The van der Waals surface area contributed by atoms with Gasteiger partial charge >= 0.3 is 5.97 Å². The zero-order valence-corrected chi connectivity index (χ0v) is 17.2. The van der Waals surface area contributed by atoms with Gasteiger partial charge in [0.05, 0.1) is 18.4 Å². The van der Waals surface area contributed by atoms with Crippen molar-refractivity contribution in [3.8, 4) is 0 Å². The fourth-order valence-corrected chi connectivity index (χ4v) is 2.84. The van der Waals surface area contributed by atoms with E-state index in [0.29, 0.717) is 24.1 Å². The Kier molecular flexibility index (Phi) is 7.59. The first-order valence-corrected chi connectivity index (χ1v) is 9.95. The van der Waals surface area contributed by atoms with E-state index in [0.717, 1.165) is 5.56 Å². The maximum atomic E-state index is 12.2. The maximum Gasteiger partial charge on any atom is 0.338 e. The quantitative estimate of drug-likeness (QED) is 0.406. The second-order valence-corrected chi connectivity index (χ2v) is 6.98.